The fraction of sp³-hybridized carbons (Fsp3) is 0.286. The standard InChI is InChI=1S/C21H22N4O/c1-15-5-2-3-8-18(15)19-10-20(19)21(26)23-11-16-6-4-7-17(9-16)12-25-14-22-13-24-25/h2-9,13-14,19-20H,10-12H2,1H3,(H,23,26). The van der Waals surface area contributed by atoms with Gasteiger partial charge in [-0.1, -0.05) is 48.5 Å². The van der Waals surface area contributed by atoms with E-state index in [0.717, 1.165) is 17.5 Å². The number of nitrogens with zero attached hydrogens (tertiary/aromatic N) is 3. The molecule has 1 N–H and O–H groups in total. The highest BCUT2D eigenvalue weighted by Gasteiger charge is 2.44. The molecule has 0 spiro atoms. The minimum atomic E-state index is 0.106. The van der Waals surface area contributed by atoms with E-state index in [1.807, 2.05) is 18.2 Å². The Morgan fingerprint density at radius 3 is 2.85 bits per heavy atom. The van der Waals surface area contributed by atoms with Crippen molar-refractivity contribution in [1.29, 1.82) is 0 Å². The van der Waals surface area contributed by atoms with Crippen molar-refractivity contribution in [3.05, 3.63) is 83.4 Å². The predicted octanol–water partition coefficient (Wildman–Crippen LogP) is 3.05. The molecule has 1 aliphatic rings. The van der Waals surface area contributed by atoms with E-state index in [9.17, 15) is 4.79 Å². The van der Waals surface area contributed by atoms with Crippen molar-refractivity contribution >= 4 is 5.91 Å². The molecule has 3 aromatic rings. The Bertz CT molecular complexity index is 904. The molecule has 5 heteroatoms. The van der Waals surface area contributed by atoms with Gasteiger partial charge in [0.25, 0.3) is 0 Å². The summed E-state index contributed by atoms with van der Waals surface area (Å²) in [6.07, 6.45) is 4.18. The second-order valence-corrected chi connectivity index (χ2v) is 6.94. The minimum absolute atomic E-state index is 0.106. The van der Waals surface area contributed by atoms with E-state index in [2.05, 4.69) is 52.7 Å². The van der Waals surface area contributed by atoms with Crippen LogP contribution in [0.2, 0.25) is 0 Å². The highest BCUT2D eigenvalue weighted by molar-refractivity contribution is 5.83. The van der Waals surface area contributed by atoms with Gasteiger partial charge >= 0.3 is 0 Å². The molecule has 0 radical (unpaired) electrons. The molecule has 1 amide bonds. The average molecular weight is 346 g/mol. The summed E-state index contributed by atoms with van der Waals surface area (Å²) in [5.41, 5.74) is 4.83. The third kappa shape index (κ3) is 3.67. The smallest absolute Gasteiger partial charge is 0.224 e. The van der Waals surface area contributed by atoms with Crippen LogP contribution in [0.3, 0.4) is 0 Å². The zero-order valence-electron chi connectivity index (χ0n) is 14.8. The van der Waals surface area contributed by atoms with E-state index in [1.54, 1.807) is 11.0 Å². The Hall–Kier alpha value is -2.95. The number of hydrogen-bond donors (Lipinski definition) is 1. The number of benzene rings is 2. The minimum Gasteiger partial charge on any atom is -0.352 e. The maximum atomic E-state index is 12.5. The van der Waals surface area contributed by atoms with Gasteiger partial charge in [-0.15, -0.1) is 0 Å². The van der Waals surface area contributed by atoms with E-state index in [4.69, 9.17) is 0 Å². The number of carbonyl (C=O) groups is 1. The van der Waals surface area contributed by atoms with E-state index in [-0.39, 0.29) is 11.8 Å². The Kier molecular flexibility index (Phi) is 4.52. The number of hydrogen-bond acceptors (Lipinski definition) is 3. The molecule has 5 nitrogen and oxygen atoms in total. The quantitative estimate of drug-likeness (QED) is 0.746. The van der Waals surface area contributed by atoms with Crippen LogP contribution in [0, 0.1) is 12.8 Å². The number of carbonyl (C=O) groups excluding carboxylic acids is 1. The SMILES string of the molecule is Cc1ccccc1C1CC1C(=O)NCc1cccc(Cn2cncn2)c1. The summed E-state index contributed by atoms with van der Waals surface area (Å²) in [5, 5.41) is 7.22. The second-order valence-electron chi connectivity index (χ2n) is 6.94. The molecule has 1 heterocycles. The van der Waals surface area contributed by atoms with Crippen molar-refractivity contribution in [3.8, 4) is 0 Å². The highest BCUT2D eigenvalue weighted by atomic mass is 16.2. The first kappa shape index (κ1) is 16.5. The topological polar surface area (TPSA) is 59.8 Å². The van der Waals surface area contributed by atoms with E-state index < -0.39 is 0 Å². The third-order valence-electron chi connectivity index (χ3n) is 4.98. The second kappa shape index (κ2) is 7.12. The highest BCUT2D eigenvalue weighted by Crippen LogP contribution is 2.48. The van der Waals surface area contributed by atoms with Gasteiger partial charge in [-0.3, -0.25) is 4.79 Å². The van der Waals surface area contributed by atoms with Crippen LogP contribution < -0.4 is 5.32 Å². The number of amides is 1. The lowest BCUT2D eigenvalue weighted by Gasteiger charge is -2.08. The zero-order chi connectivity index (χ0) is 17.9. The van der Waals surface area contributed by atoms with Crippen LogP contribution in [-0.2, 0) is 17.9 Å². The van der Waals surface area contributed by atoms with Crippen LogP contribution in [0.1, 0.15) is 34.6 Å². The van der Waals surface area contributed by atoms with Crippen LogP contribution in [0.25, 0.3) is 0 Å². The average Bonchev–Trinajstić information content (AvgIpc) is 3.28. The van der Waals surface area contributed by atoms with E-state index >= 15 is 0 Å². The summed E-state index contributed by atoms with van der Waals surface area (Å²) in [4.78, 5) is 16.4. The summed E-state index contributed by atoms with van der Waals surface area (Å²) >= 11 is 0. The Morgan fingerprint density at radius 2 is 2.04 bits per heavy atom. The van der Waals surface area contributed by atoms with Crippen molar-refractivity contribution in [3.63, 3.8) is 0 Å². The van der Waals surface area contributed by atoms with Crippen molar-refractivity contribution in [2.24, 2.45) is 5.92 Å². The van der Waals surface area contributed by atoms with Crippen LogP contribution in [0.4, 0.5) is 0 Å². The van der Waals surface area contributed by atoms with Crippen molar-refractivity contribution in [1.82, 2.24) is 20.1 Å². The molecule has 0 bridgehead atoms. The van der Waals surface area contributed by atoms with Crippen LogP contribution in [-0.4, -0.2) is 20.7 Å². The molecule has 0 saturated heterocycles. The molecule has 1 aliphatic carbocycles. The largest absolute Gasteiger partial charge is 0.352 e. The molecule has 2 aromatic carbocycles. The molecule has 1 saturated carbocycles. The lowest BCUT2D eigenvalue weighted by molar-refractivity contribution is -0.122. The Morgan fingerprint density at radius 1 is 1.19 bits per heavy atom. The number of aryl methyl sites for hydroxylation is 1. The zero-order valence-corrected chi connectivity index (χ0v) is 14.8. The van der Waals surface area contributed by atoms with Gasteiger partial charge < -0.3 is 5.32 Å². The Labute approximate surface area is 153 Å². The third-order valence-corrected chi connectivity index (χ3v) is 4.98. The van der Waals surface area contributed by atoms with E-state index in [0.29, 0.717) is 19.0 Å². The monoisotopic (exact) mass is 346 g/mol. The summed E-state index contributed by atoms with van der Waals surface area (Å²) in [6.45, 7) is 3.35. The fourth-order valence-electron chi connectivity index (χ4n) is 3.49. The fourth-order valence-corrected chi connectivity index (χ4v) is 3.49. The summed E-state index contributed by atoms with van der Waals surface area (Å²) in [6, 6.07) is 16.6. The van der Waals surface area contributed by atoms with Gasteiger partial charge in [0.1, 0.15) is 12.7 Å². The predicted molar refractivity (Wildman–Crippen MR) is 99.4 cm³/mol. The maximum absolute atomic E-state index is 12.5. The molecule has 1 aromatic heterocycles. The molecular weight excluding hydrogens is 324 g/mol. The normalized spacial score (nSPS) is 18.5. The van der Waals surface area contributed by atoms with Gasteiger partial charge in [0.2, 0.25) is 5.91 Å². The maximum Gasteiger partial charge on any atom is 0.224 e. The molecule has 1 fully saturated rings. The van der Waals surface area contributed by atoms with Crippen LogP contribution >= 0.6 is 0 Å². The van der Waals surface area contributed by atoms with Gasteiger partial charge in [0.15, 0.2) is 0 Å². The lowest BCUT2D eigenvalue weighted by Crippen LogP contribution is -2.25. The lowest BCUT2D eigenvalue weighted by atomic mass is 10.0. The van der Waals surface area contributed by atoms with Crippen molar-refractivity contribution < 1.29 is 4.79 Å². The molecule has 132 valence electrons. The molecule has 2 atom stereocenters. The van der Waals surface area contributed by atoms with Crippen LogP contribution in [0.15, 0.2) is 61.2 Å². The van der Waals surface area contributed by atoms with Gasteiger partial charge in [-0.05, 0) is 41.5 Å². The first-order chi connectivity index (χ1) is 12.7. The van der Waals surface area contributed by atoms with Crippen molar-refractivity contribution in [2.75, 3.05) is 0 Å². The molecule has 0 aliphatic heterocycles. The van der Waals surface area contributed by atoms with Crippen molar-refractivity contribution in [2.45, 2.75) is 32.4 Å². The number of rotatable bonds is 6. The van der Waals surface area contributed by atoms with Gasteiger partial charge in [0.05, 0.1) is 6.54 Å². The van der Waals surface area contributed by atoms with Gasteiger partial charge in [-0.25, -0.2) is 9.67 Å². The first-order valence-electron chi connectivity index (χ1n) is 8.94. The van der Waals surface area contributed by atoms with E-state index in [1.165, 1.54) is 17.5 Å². The van der Waals surface area contributed by atoms with Gasteiger partial charge in [0, 0.05) is 12.5 Å². The molecule has 2 unspecified atom stereocenters. The number of aromatic nitrogens is 3. The summed E-state index contributed by atoms with van der Waals surface area (Å²) in [7, 11) is 0. The first-order valence-corrected chi connectivity index (χ1v) is 8.94. The number of nitrogens with one attached hydrogen (secondary N) is 1. The molecular formula is C21H22N4O. The summed E-state index contributed by atoms with van der Waals surface area (Å²) in [5.74, 6) is 0.629. The summed E-state index contributed by atoms with van der Waals surface area (Å²) < 4.78 is 1.79. The van der Waals surface area contributed by atoms with Crippen LogP contribution in [0.5, 0.6) is 0 Å². The molecule has 26 heavy (non-hydrogen) atoms. The Balaban J connectivity index is 1.33. The molecule has 4 rings (SSSR count). The van der Waals surface area contributed by atoms with Gasteiger partial charge in [-0.2, -0.15) is 5.10 Å².